The Balaban J connectivity index is 2.16. The Labute approximate surface area is 124 Å². The van der Waals surface area contributed by atoms with Gasteiger partial charge in [-0.25, -0.2) is 4.98 Å². The maximum Gasteiger partial charge on any atom is 0.217 e. The summed E-state index contributed by atoms with van der Waals surface area (Å²) >= 11 is 6.31. The average Bonchev–Trinajstić information content (AvgIpc) is 2.86. The van der Waals surface area contributed by atoms with Gasteiger partial charge in [-0.05, 0) is 30.2 Å². The fraction of sp³-hybridized carbons (Fsp3) is 0.333. The summed E-state index contributed by atoms with van der Waals surface area (Å²) in [4.78, 5) is 3.97. The van der Waals surface area contributed by atoms with E-state index in [1.165, 1.54) is 0 Å². The van der Waals surface area contributed by atoms with Gasteiger partial charge in [0.15, 0.2) is 0 Å². The van der Waals surface area contributed by atoms with Crippen molar-refractivity contribution in [3.05, 3.63) is 47.0 Å². The third-order valence-electron chi connectivity index (χ3n) is 2.89. The molecule has 0 aliphatic carbocycles. The Morgan fingerprint density at radius 2 is 2.25 bits per heavy atom. The van der Waals surface area contributed by atoms with E-state index in [-0.39, 0.29) is 0 Å². The van der Waals surface area contributed by atoms with Crippen molar-refractivity contribution in [2.24, 2.45) is 5.92 Å². The summed E-state index contributed by atoms with van der Waals surface area (Å²) in [5, 5.41) is 13.0. The normalized spacial score (nSPS) is 10.8. The van der Waals surface area contributed by atoms with Gasteiger partial charge in [0.1, 0.15) is 6.07 Å². The van der Waals surface area contributed by atoms with Crippen LogP contribution in [0.3, 0.4) is 0 Å². The van der Waals surface area contributed by atoms with E-state index < -0.39 is 0 Å². The van der Waals surface area contributed by atoms with Crippen LogP contribution in [0.15, 0.2) is 30.6 Å². The maximum absolute atomic E-state index is 9.00. The largest absolute Gasteiger partial charge is 0.312 e. The van der Waals surface area contributed by atoms with E-state index in [4.69, 9.17) is 16.9 Å². The molecular weight excluding hydrogens is 272 g/mol. The van der Waals surface area contributed by atoms with Gasteiger partial charge in [-0.15, -0.1) is 0 Å². The van der Waals surface area contributed by atoms with Gasteiger partial charge in [0.05, 0.1) is 10.7 Å². The summed E-state index contributed by atoms with van der Waals surface area (Å²) in [6, 6.07) is 7.89. The molecule has 0 aliphatic heterocycles. The molecule has 0 saturated heterocycles. The van der Waals surface area contributed by atoms with Crippen LogP contribution in [0, 0.1) is 17.2 Å². The van der Waals surface area contributed by atoms with Gasteiger partial charge >= 0.3 is 0 Å². The molecule has 0 radical (unpaired) electrons. The van der Waals surface area contributed by atoms with E-state index in [1.54, 1.807) is 17.0 Å². The van der Waals surface area contributed by atoms with Crippen molar-refractivity contribution >= 4 is 11.6 Å². The summed E-state index contributed by atoms with van der Waals surface area (Å²) in [6.45, 7) is 6.10. The molecule has 0 spiro atoms. The molecule has 1 N–H and O–H groups in total. The van der Waals surface area contributed by atoms with E-state index in [9.17, 15) is 0 Å². The Bertz CT molecular complexity index is 625. The second-order valence-electron chi connectivity index (χ2n) is 5.04. The smallest absolute Gasteiger partial charge is 0.217 e. The van der Waals surface area contributed by atoms with E-state index in [0.717, 1.165) is 24.3 Å². The highest BCUT2D eigenvalue weighted by Gasteiger charge is 2.08. The lowest BCUT2D eigenvalue weighted by atomic mass is 10.2. The SMILES string of the molecule is CC(C)CNCc1ccc(-n2ccnc2C#N)c(Cl)c1. The molecule has 0 saturated carbocycles. The molecule has 2 rings (SSSR count). The Morgan fingerprint density at radius 3 is 2.90 bits per heavy atom. The summed E-state index contributed by atoms with van der Waals surface area (Å²) in [7, 11) is 0. The van der Waals surface area contributed by atoms with Crippen LogP contribution in [0.1, 0.15) is 25.2 Å². The number of nitrogens with one attached hydrogen (secondary N) is 1. The standard InChI is InChI=1S/C15H17ClN4/c1-11(2)9-18-10-12-3-4-14(13(16)7-12)20-6-5-19-15(20)8-17/h3-7,11,18H,9-10H2,1-2H3. The summed E-state index contributed by atoms with van der Waals surface area (Å²) < 4.78 is 1.69. The average molecular weight is 289 g/mol. The molecule has 1 heterocycles. The monoisotopic (exact) mass is 288 g/mol. The van der Waals surface area contributed by atoms with Gasteiger partial charge in [0.2, 0.25) is 5.82 Å². The van der Waals surface area contributed by atoms with E-state index in [1.807, 2.05) is 24.3 Å². The third-order valence-corrected chi connectivity index (χ3v) is 3.20. The lowest BCUT2D eigenvalue weighted by Crippen LogP contribution is -2.18. The molecular formula is C15H17ClN4. The van der Waals surface area contributed by atoms with Gasteiger partial charge in [-0.2, -0.15) is 5.26 Å². The number of hydrogen-bond donors (Lipinski definition) is 1. The molecule has 0 bridgehead atoms. The molecule has 1 aromatic heterocycles. The van der Waals surface area contributed by atoms with Crippen molar-refractivity contribution in [2.45, 2.75) is 20.4 Å². The van der Waals surface area contributed by atoms with Crippen molar-refractivity contribution in [3.8, 4) is 11.8 Å². The van der Waals surface area contributed by atoms with Crippen molar-refractivity contribution in [2.75, 3.05) is 6.54 Å². The molecule has 0 amide bonds. The topological polar surface area (TPSA) is 53.6 Å². The molecule has 0 aliphatic rings. The number of nitrogens with zero attached hydrogens (tertiary/aromatic N) is 3. The molecule has 4 nitrogen and oxygen atoms in total. The lowest BCUT2D eigenvalue weighted by Gasteiger charge is -2.10. The van der Waals surface area contributed by atoms with Crippen LogP contribution >= 0.6 is 11.6 Å². The van der Waals surface area contributed by atoms with Crippen molar-refractivity contribution < 1.29 is 0 Å². The van der Waals surface area contributed by atoms with Gasteiger partial charge < -0.3 is 5.32 Å². The first-order chi connectivity index (χ1) is 9.61. The number of nitriles is 1. The molecule has 104 valence electrons. The number of benzene rings is 1. The molecule has 0 fully saturated rings. The molecule has 20 heavy (non-hydrogen) atoms. The van der Waals surface area contributed by atoms with Crippen LogP contribution < -0.4 is 5.32 Å². The Morgan fingerprint density at radius 1 is 1.45 bits per heavy atom. The fourth-order valence-corrected chi connectivity index (χ4v) is 2.24. The predicted molar refractivity (Wildman–Crippen MR) is 79.8 cm³/mol. The first-order valence-electron chi connectivity index (χ1n) is 6.54. The summed E-state index contributed by atoms with van der Waals surface area (Å²) in [5.41, 5.74) is 1.89. The zero-order valence-corrected chi connectivity index (χ0v) is 12.4. The van der Waals surface area contributed by atoms with E-state index in [0.29, 0.717) is 16.8 Å². The zero-order valence-electron chi connectivity index (χ0n) is 11.6. The van der Waals surface area contributed by atoms with Crippen LogP contribution in [0.25, 0.3) is 5.69 Å². The Kier molecular flexibility index (Phi) is 4.78. The highest BCUT2D eigenvalue weighted by atomic mass is 35.5. The predicted octanol–water partition coefficient (Wildman–Crippen LogP) is 3.14. The summed E-state index contributed by atoms with van der Waals surface area (Å²) in [6.07, 6.45) is 3.32. The van der Waals surface area contributed by atoms with Gasteiger partial charge in [-0.1, -0.05) is 31.5 Å². The number of imidazole rings is 1. The third kappa shape index (κ3) is 3.38. The maximum atomic E-state index is 9.00. The van der Waals surface area contributed by atoms with Gasteiger partial charge in [-0.3, -0.25) is 4.57 Å². The van der Waals surface area contributed by atoms with Crippen molar-refractivity contribution in [1.29, 1.82) is 5.26 Å². The van der Waals surface area contributed by atoms with Gasteiger partial charge in [0, 0.05) is 18.9 Å². The van der Waals surface area contributed by atoms with Crippen molar-refractivity contribution in [1.82, 2.24) is 14.9 Å². The van der Waals surface area contributed by atoms with Crippen LogP contribution in [-0.2, 0) is 6.54 Å². The number of halogens is 1. The second kappa shape index (κ2) is 6.56. The van der Waals surface area contributed by atoms with Crippen molar-refractivity contribution in [3.63, 3.8) is 0 Å². The van der Waals surface area contributed by atoms with E-state index >= 15 is 0 Å². The highest BCUT2D eigenvalue weighted by Crippen LogP contribution is 2.23. The number of hydrogen-bond acceptors (Lipinski definition) is 3. The first-order valence-corrected chi connectivity index (χ1v) is 6.92. The highest BCUT2D eigenvalue weighted by molar-refractivity contribution is 6.32. The first kappa shape index (κ1) is 14.6. The molecule has 0 atom stereocenters. The van der Waals surface area contributed by atoms with Crippen LogP contribution in [-0.4, -0.2) is 16.1 Å². The lowest BCUT2D eigenvalue weighted by molar-refractivity contribution is 0.552. The second-order valence-corrected chi connectivity index (χ2v) is 5.45. The molecule has 2 aromatic rings. The molecule has 0 unspecified atom stereocenters. The minimum atomic E-state index is 0.331. The van der Waals surface area contributed by atoms with Crippen LogP contribution in [0.5, 0.6) is 0 Å². The summed E-state index contributed by atoms with van der Waals surface area (Å²) in [5.74, 6) is 0.950. The fourth-order valence-electron chi connectivity index (χ4n) is 1.94. The minimum absolute atomic E-state index is 0.331. The zero-order chi connectivity index (χ0) is 14.5. The molecule has 1 aromatic carbocycles. The quantitative estimate of drug-likeness (QED) is 0.919. The Hall–Kier alpha value is -1.83. The van der Waals surface area contributed by atoms with E-state index in [2.05, 4.69) is 24.1 Å². The van der Waals surface area contributed by atoms with Crippen LogP contribution in [0.2, 0.25) is 5.02 Å². The number of rotatable bonds is 5. The molecule has 5 heteroatoms. The number of aromatic nitrogens is 2. The minimum Gasteiger partial charge on any atom is -0.312 e. The van der Waals surface area contributed by atoms with Crippen LogP contribution in [0.4, 0.5) is 0 Å². The van der Waals surface area contributed by atoms with Gasteiger partial charge in [0.25, 0.3) is 0 Å².